The van der Waals surface area contributed by atoms with Crippen LogP contribution in [-0.4, -0.2) is 50.1 Å². The third kappa shape index (κ3) is 4.54. The molecule has 1 unspecified atom stereocenters. The molecule has 5 rings (SSSR count). The molecule has 1 aromatic carbocycles. The van der Waals surface area contributed by atoms with E-state index in [0.717, 1.165) is 11.3 Å². The van der Waals surface area contributed by atoms with Crippen LogP contribution < -0.4 is 10.6 Å². The van der Waals surface area contributed by atoms with Gasteiger partial charge in [-0.2, -0.15) is 5.10 Å². The average molecular weight is 494 g/mol. The summed E-state index contributed by atoms with van der Waals surface area (Å²) >= 11 is 1.31. The van der Waals surface area contributed by atoms with Crippen molar-refractivity contribution in [1.29, 1.82) is 0 Å². The van der Waals surface area contributed by atoms with Gasteiger partial charge in [0.1, 0.15) is 17.3 Å². The van der Waals surface area contributed by atoms with Crippen LogP contribution in [-0.2, 0) is 13.1 Å². The van der Waals surface area contributed by atoms with E-state index in [9.17, 15) is 14.0 Å². The number of thiazole rings is 1. The van der Waals surface area contributed by atoms with Crippen LogP contribution in [0.1, 0.15) is 50.6 Å². The number of rotatable bonds is 6. The van der Waals surface area contributed by atoms with E-state index in [-0.39, 0.29) is 29.9 Å². The highest BCUT2D eigenvalue weighted by Gasteiger charge is 2.34. The van der Waals surface area contributed by atoms with Gasteiger partial charge in [-0.1, -0.05) is 19.1 Å². The van der Waals surface area contributed by atoms with Gasteiger partial charge in [0.2, 0.25) is 0 Å². The number of nitrogens with zero attached hydrogens (tertiary/aromatic N) is 4. The highest BCUT2D eigenvalue weighted by molar-refractivity contribution is 7.14. The minimum atomic E-state index is -0.391. The normalized spacial score (nSPS) is 15.1. The van der Waals surface area contributed by atoms with Gasteiger partial charge in [-0.3, -0.25) is 19.6 Å². The zero-order chi connectivity index (χ0) is 24.5. The molecule has 1 atom stereocenters. The maximum Gasteiger partial charge on any atom is 0.278 e. The molecule has 0 saturated heterocycles. The quantitative estimate of drug-likeness (QED) is 0.378. The number of anilines is 2. The van der Waals surface area contributed by atoms with E-state index in [0.29, 0.717) is 35.3 Å². The molecule has 0 spiro atoms. The Labute approximate surface area is 205 Å². The van der Waals surface area contributed by atoms with Gasteiger partial charge in [0.25, 0.3) is 11.8 Å². The lowest BCUT2D eigenvalue weighted by Gasteiger charge is -2.32. The highest BCUT2D eigenvalue weighted by Crippen LogP contribution is 2.32. The lowest BCUT2D eigenvalue weighted by Crippen LogP contribution is -2.38. The first-order valence-electron chi connectivity index (χ1n) is 11.1. The number of halogens is 1. The molecule has 180 valence electrons. The standard InChI is InChI=1S/C24H24FN7O2S/c1-14-10-31(23(34)18-4-3-9-27-18)12-17-20(22(33)29-24-28-19(26-2)13-35-24)30-32(21(14)17)11-15-5-7-16(25)8-6-15/h3-9,13-14,26-27H,10-12H2,1-2H3,(H,28,29,33). The number of carbonyl (C=O) groups is 2. The van der Waals surface area contributed by atoms with Gasteiger partial charge in [-0.15, -0.1) is 11.3 Å². The predicted octanol–water partition coefficient (Wildman–Crippen LogP) is 3.91. The van der Waals surface area contributed by atoms with E-state index < -0.39 is 5.91 Å². The van der Waals surface area contributed by atoms with Crippen molar-refractivity contribution in [2.75, 3.05) is 24.2 Å². The molecule has 0 saturated carbocycles. The number of nitrogens with one attached hydrogen (secondary N) is 3. The number of amides is 2. The molecule has 11 heteroatoms. The minimum Gasteiger partial charge on any atom is -0.372 e. The summed E-state index contributed by atoms with van der Waals surface area (Å²) in [7, 11) is 1.76. The van der Waals surface area contributed by atoms with Crippen molar-refractivity contribution in [3.05, 3.63) is 82.0 Å². The fourth-order valence-electron chi connectivity index (χ4n) is 4.35. The molecule has 1 aliphatic rings. The van der Waals surface area contributed by atoms with Gasteiger partial charge in [0.05, 0.1) is 13.1 Å². The van der Waals surface area contributed by atoms with Crippen molar-refractivity contribution in [2.24, 2.45) is 0 Å². The molecule has 0 aliphatic carbocycles. The van der Waals surface area contributed by atoms with Crippen molar-refractivity contribution in [2.45, 2.75) is 25.9 Å². The SMILES string of the molecule is CNc1csc(NC(=O)c2nn(Cc3ccc(F)cc3)c3c2CN(C(=O)c2ccc[nH]2)CC3C)n1. The number of hydrogen-bond acceptors (Lipinski definition) is 6. The highest BCUT2D eigenvalue weighted by atomic mass is 32.1. The summed E-state index contributed by atoms with van der Waals surface area (Å²) in [6, 6.07) is 9.72. The van der Waals surface area contributed by atoms with Crippen molar-refractivity contribution >= 4 is 34.1 Å². The Bertz CT molecular complexity index is 1360. The zero-order valence-electron chi connectivity index (χ0n) is 19.2. The summed E-state index contributed by atoms with van der Waals surface area (Å²) in [6.45, 7) is 3.13. The third-order valence-corrected chi connectivity index (χ3v) is 6.72. The topological polar surface area (TPSA) is 108 Å². The van der Waals surface area contributed by atoms with Crippen LogP contribution in [0, 0.1) is 5.82 Å². The van der Waals surface area contributed by atoms with Crippen molar-refractivity contribution in [1.82, 2.24) is 24.6 Å². The van der Waals surface area contributed by atoms with E-state index >= 15 is 0 Å². The zero-order valence-corrected chi connectivity index (χ0v) is 20.0. The van der Waals surface area contributed by atoms with Crippen LogP contribution in [0.3, 0.4) is 0 Å². The van der Waals surface area contributed by atoms with Gasteiger partial charge in [-0.25, -0.2) is 9.37 Å². The molecular weight excluding hydrogens is 469 g/mol. The largest absolute Gasteiger partial charge is 0.372 e. The lowest BCUT2D eigenvalue weighted by atomic mass is 9.95. The molecule has 9 nitrogen and oxygen atoms in total. The third-order valence-electron chi connectivity index (χ3n) is 5.96. The monoisotopic (exact) mass is 493 g/mol. The molecule has 3 N–H and O–H groups in total. The van der Waals surface area contributed by atoms with Gasteiger partial charge in [0, 0.05) is 42.3 Å². The fourth-order valence-corrected chi connectivity index (χ4v) is 5.05. The first-order valence-corrected chi connectivity index (χ1v) is 12.0. The van der Waals surface area contributed by atoms with Gasteiger partial charge < -0.3 is 15.2 Å². The van der Waals surface area contributed by atoms with Crippen LogP contribution in [0.2, 0.25) is 0 Å². The Kier molecular flexibility index (Phi) is 6.08. The Hall–Kier alpha value is -3.99. The summed E-state index contributed by atoms with van der Waals surface area (Å²) in [5.74, 6) is -0.248. The Morgan fingerprint density at radius 3 is 2.74 bits per heavy atom. The average Bonchev–Trinajstić information content (AvgIpc) is 3.60. The molecule has 0 fully saturated rings. The minimum absolute atomic E-state index is 0.0667. The van der Waals surface area contributed by atoms with Crippen molar-refractivity contribution < 1.29 is 14.0 Å². The fraction of sp³-hybridized carbons (Fsp3) is 0.250. The molecule has 3 aromatic heterocycles. The molecule has 4 aromatic rings. The predicted molar refractivity (Wildman–Crippen MR) is 131 cm³/mol. The number of benzene rings is 1. The summed E-state index contributed by atoms with van der Waals surface area (Å²) in [6.07, 6.45) is 1.71. The summed E-state index contributed by atoms with van der Waals surface area (Å²) < 4.78 is 15.2. The molecular formula is C24H24FN7O2S. The maximum absolute atomic E-state index is 13.4. The van der Waals surface area contributed by atoms with Crippen LogP contribution in [0.5, 0.6) is 0 Å². The molecule has 0 bridgehead atoms. The maximum atomic E-state index is 13.4. The van der Waals surface area contributed by atoms with E-state index in [1.165, 1.54) is 23.5 Å². The van der Waals surface area contributed by atoms with Gasteiger partial charge in [-0.05, 0) is 29.8 Å². The number of H-pyrrole nitrogens is 1. The van der Waals surface area contributed by atoms with Crippen LogP contribution in [0.15, 0.2) is 48.0 Å². The number of aromatic amines is 1. The lowest BCUT2D eigenvalue weighted by molar-refractivity contribution is 0.0711. The van der Waals surface area contributed by atoms with Gasteiger partial charge in [0.15, 0.2) is 10.8 Å². The molecule has 4 heterocycles. The van der Waals surface area contributed by atoms with E-state index in [1.54, 1.807) is 52.5 Å². The molecule has 0 radical (unpaired) electrons. The second-order valence-corrected chi connectivity index (χ2v) is 9.27. The van der Waals surface area contributed by atoms with Crippen LogP contribution >= 0.6 is 11.3 Å². The Morgan fingerprint density at radius 1 is 1.26 bits per heavy atom. The smallest absolute Gasteiger partial charge is 0.278 e. The summed E-state index contributed by atoms with van der Waals surface area (Å²) in [5, 5.41) is 12.7. The molecule has 2 amide bonds. The van der Waals surface area contributed by atoms with E-state index in [2.05, 4.69) is 25.7 Å². The number of fused-ring (bicyclic) bond motifs is 1. The van der Waals surface area contributed by atoms with Crippen LogP contribution in [0.4, 0.5) is 15.3 Å². The van der Waals surface area contributed by atoms with Crippen molar-refractivity contribution in [3.8, 4) is 0 Å². The summed E-state index contributed by atoms with van der Waals surface area (Å²) in [5.41, 5.74) is 3.20. The van der Waals surface area contributed by atoms with Crippen molar-refractivity contribution in [3.63, 3.8) is 0 Å². The first kappa shape index (κ1) is 22.8. The second kappa shape index (κ2) is 9.34. The molecule has 35 heavy (non-hydrogen) atoms. The van der Waals surface area contributed by atoms with Crippen LogP contribution in [0.25, 0.3) is 0 Å². The second-order valence-electron chi connectivity index (χ2n) is 8.41. The Balaban J connectivity index is 1.50. The Morgan fingerprint density at radius 2 is 2.06 bits per heavy atom. The van der Waals surface area contributed by atoms with Gasteiger partial charge >= 0.3 is 0 Å². The number of hydrogen-bond donors (Lipinski definition) is 3. The van der Waals surface area contributed by atoms with E-state index in [1.807, 2.05) is 6.92 Å². The first-order chi connectivity index (χ1) is 16.9. The van der Waals surface area contributed by atoms with E-state index in [4.69, 9.17) is 0 Å². The number of aromatic nitrogens is 4. The number of carbonyl (C=O) groups excluding carboxylic acids is 2. The molecule has 1 aliphatic heterocycles. The summed E-state index contributed by atoms with van der Waals surface area (Å²) in [4.78, 5) is 35.4.